The molecular weight excluding hydrogens is 358 g/mol. The molecule has 1 N–H and O–H groups in total. The number of amides is 1. The molecule has 0 saturated carbocycles. The molecule has 0 atom stereocenters. The van der Waals surface area contributed by atoms with E-state index in [0.29, 0.717) is 23.5 Å². The van der Waals surface area contributed by atoms with Gasteiger partial charge >= 0.3 is 0 Å². The minimum Gasteiger partial charge on any atom is -0.353 e. The van der Waals surface area contributed by atoms with Crippen molar-refractivity contribution in [1.82, 2.24) is 34.4 Å². The van der Waals surface area contributed by atoms with Crippen molar-refractivity contribution < 1.29 is 4.79 Å². The fraction of sp³-hybridized carbons (Fsp3) is 0.526. The highest BCUT2D eigenvalue weighted by molar-refractivity contribution is 5.80. The van der Waals surface area contributed by atoms with Crippen molar-refractivity contribution in [2.45, 2.75) is 39.2 Å². The van der Waals surface area contributed by atoms with Crippen LogP contribution in [0.4, 0.5) is 0 Å². The first kappa shape index (κ1) is 18.5. The molecule has 1 aliphatic rings. The summed E-state index contributed by atoms with van der Waals surface area (Å²) in [5.41, 5.74) is 0.993. The highest BCUT2D eigenvalue weighted by atomic mass is 16.2. The monoisotopic (exact) mass is 383 g/mol. The van der Waals surface area contributed by atoms with Crippen LogP contribution < -0.4 is 10.9 Å². The molecule has 0 radical (unpaired) electrons. The van der Waals surface area contributed by atoms with E-state index in [1.165, 1.54) is 30.3 Å². The van der Waals surface area contributed by atoms with Gasteiger partial charge in [0.25, 0.3) is 5.56 Å². The lowest BCUT2D eigenvalue weighted by molar-refractivity contribution is -0.121. The first-order valence-electron chi connectivity index (χ1n) is 9.83. The van der Waals surface area contributed by atoms with Crippen molar-refractivity contribution in [2.24, 2.45) is 0 Å². The molecule has 0 aromatic carbocycles. The average Bonchev–Trinajstić information content (AvgIpc) is 2.91. The van der Waals surface area contributed by atoms with Crippen LogP contribution in [0.15, 0.2) is 23.1 Å². The van der Waals surface area contributed by atoms with E-state index in [9.17, 15) is 9.59 Å². The summed E-state index contributed by atoms with van der Waals surface area (Å²) in [6.07, 6.45) is 6.67. The van der Waals surface area contributed by atoms with Gasteiger partial charge in [0.05, 0.1) is 5.52 Å². The third-order valence-corrected chi connectivity index (χ3v) is 5.28. The molecule has 4 rings (SSSR count). The van der Waals surface area contributed by atoms with Crippen molar-refractivity contribution >= 4 is 22.7 Å². The first-order valence-corrected chi connectivity index (χ1v) is 9.83. The van der Waals surface area contributed by atoms with Crippen LogP contribution in [0, 0.1) is 6.92 Å². The van der Waals surface area contributed by atoms with Gasteiger partial charge in [0, 0.05) is 19.3 Å². The minimum atomic E-state index is -0.344. The number of nitrogens with zero attached hydrogens (tertiary/aromatic N) is 6. The SMILES string of the molecule is Cc1nnc2c(=O)n(CC(=O)NCCN3CCCCCC3)c3cccnc3n12. The van der Waals surface area contributed by atoms with E-state index in [1.54, 1.807) is 29.7 Å². The van der Waals surface area contributed by atoms with E-state index in [2.05, 4.69) is 25.4 Å². The van der Waals surface area contributed by atoms with Crippen LogP contribution in [0.1, 0.15) is 31.5 Å². The molecule has 4 heterocycles. The summed E-state index contributed by atoms with van der Waals surface area (Å²) in [4.78, 5) is 32.1. The lowest BCUT2D eigenvalue weighted by Gasteiger charge is -2.19. The maximum atomic E-state index is 12.9. The number of aryl methyl sites for hydroxylation is 1. The van der Waals surface area contributed by atoms with Gasteiger partial charge in [-0.3, -0.25) is 18.6 Å². The van der Waals surface area contributed by atoms with Crippen molar-refractivity contribution in [1.29, 1.82) is 0 Å². The number of carbonyl (C=O) groups is 1. The van der Waals surface area contributed by atoms with E-state index < -0.39 is 0 Å². The van der Waals surface area contributed by atoms with Gasteiger partial charge in [0.1, 0.15) is 12.4 Å². The quantitative estimate of drug-likeness (QED) is 0.698. The number of hydrogen-bond donors (Lipinski definition) is 1. The molecule has 3 aromatic heterocycles. The van der Waals surface area contributed by atoms with Crippen LogP contribution in [0.2, 0.25) is 0 Å². The lowest BCUT2D eigenvalue weighted by atomic mass is 10.2. The highest BCUT2D eigenvalue weighted by Gasteiger charge is 2.17. The Hall–Kier alpha value is -2.81. The molecule has 1 saturated heterocycles. The number of rotatable bonds is 5. The third-order valence-electron chi connectivity index (χ3n) is 5.28. The molecule has 0 bridgehead atoms. The number of nitrogens with one attached hydrogen (secondary N) is 1. The van der Waals surface area contributed by atoms with E-state index in [-0.39, 0.29) is 23.7 Å². The Balaban J connectivity index is 1.51. The fourth-order valence-electron chi connectivity index (χ4n) is 3.83. The molecule has 28 heavy (non-hydrogen) atoms. The van der Waals surface area contributed by atoms with Crippen molar-refractivity contribution in [3.63, 3.8) is 0 Å². The zero-order valence-electron chi connectivity index (χ0n) is 16.1. The standard InChI is InChI=1S/C19H25N7O2/c1-14-22-23-18-19(28)25(15-7-6-8-21-17(15)26(14)18)13-16(27)20-9-12-24-10-4-2-3-5-11-24/h6-8H,2-5,9-13H2,1H3,(H,20,27). The minimum absolute atomic E-state index is 0.0660. The molecule has 0 spiro atoms. The molecule has 1 aliphatic heterocycles. The summed E-state index contributed by atoms with van der Waals surface area (Å²) >= 11 is 0. The van der Waals surface area contributed by atoms with Crippen molar-refractivity contribution in [2.75, 3.05) is 26.2 Å². The summed E-state index contributed by atoms with van der Waals surface area (Å²) in [6, 6.07) is 3.54. The van der Waals surface area contributed by atoms with E-state index in [4.69, 9.17) is 0 Å². The van der Waals surface area contributed by atoms with Crippen LogP contribution >= 0.6 is 0 Å². The Kier molecular flexibility index (Phi) is 5.34. The number of hydrogen-bond acceptors (Lipinski definition) is 6. The van der Waals surface area contributed by atoms with Crippen LogP contribution in [0.25, 0.3) is 16.8 Å². The molecule has 1 fully saturated rings. The summed E-state index contributed by atoms with van der Waals surface area (Å²) < 4.78 is 3.05. The molecule has 0 unspecified atom stereocenters. The molecule has 9 nitrogen and oxygen atoms in total. The normalized spacial score (nSPS) is 15.8. The highest BCUT2D eigenvalue weighted by Crippen LogP contribution is 2.12. The first-order chi connectivity index (χ1) is 13.6. The van der Waals surface area contributed by atoms with Crippen LogP contribution in [0.3, 0.4) is 0 Å². The zero-order chi connectivity index (χ0) is 19.5. The fourth-order valence-corrected chi connectivity index (χ4v) is 3.83. The van der Waals surface area contributed by atoms with Crippen LogP contribution in [-0.2, 0) is 11.3 Å². The predicted octanol–water partition coefficient (Wildman–Crippen LogP) is 0.740. The Bertz CT molecular complexity index is 1050. The van der Waals surface area contributed by atoms with Crippen LogP contribution in [0.5, 0.6) is 0 Å². The summed E-state index contributed by atoms with van der Waals surface area (Å²) in [5, 5.41) is 10.9. The molecule has 9 heteroatoms. The van der Waals surface area contributed by atoms with E-state index in [1.807, 2.05) is 0 Å². The predicted molar refractivity (Wildman–Crippen MR) is 105 cm³/mol. The van der Waals surface area contributed by atoms with Gasteiger partial charge < -0.3 is 10.2 Å². The van der Waals surface area contributed by atoms with E-state index >= 15 is 0 Å². The van der Waals surface area contributed by atoms with Crippen LogP contribution in [-0.4, -0.2) is 61.1 Å². The maximum Gasteiger partial charge on any atom is 0.297 e. The second kappa shape index (κ2) is 8.05. The molecule has 148 valence electrons. The molecular formula is C19H25N7O2. The smallest absolute Gasteiger partial charge is 0.297 e. The Morgan fingerprint density at radius 3 is 2.71 bits per heavy atom. The zero-order valence-corrected chi connectivity index (χ0v) is 16.1. The third kappa shape index (κ3) is 3.62. The number of fused-ring (bicyclic) bond motifs is 3. The number of likely N-dealkylation sites (tertiary alicyclic amines) is 1. The van der Waals surface area contributed by atoms with Gasteiger partial charge in [0.2, 0.25) is 11.6 Å². The Morgan fingerprint density at radius 2 is 1.93 bits per heavy atom. The number of aromatic nitrogens is 5. The molecule has 3 aromatic rings. The Morgan fingerprint density at radius 1 is 1.14 bits per heavy atom. The van der Waals surface area contributed by atoms with Gasteiger partial charge in [-0.25, -0.2) is 4.98 Å². The van der Waals surface area contributed by atoms with Gasteiger partial charge in [-0.15, -0.1) is 10.2 Å². The lowest BCUT2D eigenvalue weighted by Crippen LogP contribution is -2.38. The number of pyridine rings is 1. The second-order valence-corrected chi connectivity index (χ2v) is 7.25. The number of carbonyl (C=O) groups excluding carboxylic acids is 1. The van der Waals surface area contributed by atoms with E-state index in [0.717, 1.165) is 19.6 Å². The topological polar surface area (TPSA) is 97.4 Å². The van der Waals surface area contributed by atoms with Gasteiger partial charge in [-0.1, -0.05) is 12.8 Å². The molecule has 0 aliphatic carbocycles. The average molecular weight is 383 g/mol. The molecule has 1 amide bonds. The summed E-state index contributed by atoms with van der Waals surface area (Å²) in [6.45, 7) is 5.31. The Labute approximate surface area is 162 Å². The van der Waals surface area contributed by atoms with Crippen molar-refractivity contribution in [3.8, 4) is 0 Å². The summed E-state index contributed by atoms with van der Waals surface area (Å²) in [7, 11) is 0. The second-order valence-electron chi connectivity index (χ2n) is 7.25. The van der Waals surface area contributed by atoms with Crippen molar-refractivity contribution in [3.05, 3.63) is 34.5 Å². The van der Waals surface area contributed by atoms with Gasteiger partial charge in [-0.2, -0.15) is 0 Å². The maximum absolute atomic E-state index is 12.9. The largest absolute Gasteiger partial charge is 0.353 e. The van der Waals surface area contributed by atoms with Gasteiger partial charge in [0.15, 0.2) is 5.65 Å². The summed E-state index contributed by atoms with van der Waals surface area (Å²) in [5.74, 6) is 0.396. The van der Waals surface area contributed by atoms with Gasteiger partial charge in [-0.05, 0) is 45.0 Å².